The minimum absolute atomic E-state index is 0.0768. The van der Waals surface area contributed by atoms with E-state index in [-0.39, 0.29) is 23.0 Å². The molecule has 0 bridgehead atoms. The van der Waals surface area contributed by atoms with Gasteiger partial charge in [-0.05, 0) is 42.5 Å². The van der Waals surface area contributed by atoms with Crippen molar-refractivity contribution in [2.24, 2.45) is 5.73 Å². The molecule has 1 fully saturated rings. The number of imide groups is 1. The van der Waals surface area contributed by atoms with Gasteiger partial charge in [-0.1, -0.05) is 6.07 Å². The summed E-state index contributed by atoms with van der Waals surface area (Å²) in [6.45, 7) is -1.62. The molecule has 0 spiro atoms. The van der Waals surface area contributed by atoms with Gasteiger partial charge < -0.3 is 15.2 Å². The van der Waals surface area contributed by atoms with Crippen LogP contribution in [-0.2, 0) is 9.59 Å². The normalized spacial score (nSPS) is 16.0. The van der Waals surface area contributed by atoms with Gasteiger partial charge >= 0.3 is 6.61 Å². The van der Waals surface area contributed by atoms with Gasteiger partial charge in [-0.25, -0.2) is 0 Å². The fourth-order valence-electron chi connectivity index (χ4n) is 2.02. The zero-order chi connectivity index (χ0) is 18.6. The largest absolute Gasteiger partial charge is 0.490 e. The van der Waals surface area contributed by atoms with Crippen molar-refractivity contribution in [3.8, 4) is 11.5 Å². The topological polar surface area (TPSA) is 98.9 Å². The van der Waals surface area contributed by atoms with Crippen molar-refractivity contribution in [3.05, 3.63) is 28.7 Å². The molecule has 2 rings (SSSR count). The second-order valence-corrected chi connectivity index (χ2v) is 5.75. The number of nitrogens with two attached hydrogens (primary N) is 1. The van der Waals surface area contributed by atoms with Crippen LogP contribution in [0.1, 0.15) is 12.5 Å². The van der Waals surface area contributed by atoms with E-state index < -0.39 is 30.2 Å². The summed E-state index contributed by atoms with van der Waals surface area (Å²) in [7, 11) is 0. The predicted octanol–water partition coefficient (Wildman–Crippen LogP) is 2.21. The van der Waals surface area contributed by atoms with Gasteiger partial charge in [0.1, 0.15) is 6.54 Å². The summed E-state index contributed by atoms with van der Waals surface area (Å²) < 4.78 is 34.4. The van der Waals surface area contributed by atoms with Crippen molar-refractivity contribution in [2.75, 3.05) is 13.2 Å². The molecule has 2 N–H and O–H groups in total. The number of hydrogen-bond acceptors (Lipinski definition) is 6. The molecule has 0 saturated carbocycles. The van der Waals surface area contributed by atoms with E-state index in [0.29, 0.717) is 17.3 Å². The highest BCUT2D eigenvalue weighted by atomic mass is 32.2. The molecule has 10 heteroatoms. The zero-order valence-electron chi connectivity index (χ0n) is 13.0. The van der Waals surface area contributed by atoms with Crippen LogP contribution in [0.5, 0.6) is 11.5 Å². The van der Waals surface area contributed by atoms with Crippen LogP contribution in [0, 0.1) is 0 Å². The molecule has 0 aromatic heterocycles. The summed E-state index contributed by atoms with van der Waals surface area (Å²) in [4.78, 5) is 35.6. The fourth-order valence-corrected chi connectivity index (χ4v) is 2.86. The highest BCUT2D eigenvalue weighted by Crippen LogP contribution is 2.34. The maximum Gasteiger partial charge on any atom is 0.387 e. The Morgan fingerprint density at radius 2 is 2.08 bits per heavy atom. The smallest absolute Gasteiger partial charge is 0.387 e. The first-order valence-corrected chi connectivity index (χ1v) is 7.88. The van der Waals surface area contributed by atoms with Crippen LogP contribution < -0.4 is 15.2 Å². The van der Waals surface area contributed by atoms with E-state index in [0.717, 1.165) is 4.90 Å². The number of hydrogen-bond donors (Lipinski definition) is 1. The van der Waals surface area contributed by atoms with Crippen molar-refractivity contribution >= 4 is 34.9 Å². The molecule has 1 aromatic rings. The maximum atomic E-state index is 12.4. The first-order valence-electron chi connectivity index (χ1n) is 7.07. The standard InChI is InChI=1S/C15H14F2N2O5S/c1-2-23-10-5-8(3-4-9(10)24-14(16)17)6-11-13(21)19(7-12(18)20)15(22)25-11/h3-6,14H,2,7H2,1H3,(H2,18,20)/b11-6-. The van der Waals surface area contributed by atoms with E-state index in [2.05, 4.69) is 4.74 Å². The van der Waals surface area contributed by atoms with Crippen LogP contribution in [0.4, 0.5) is 13.6 Å². The number of primary amides is 1. The number of nitrogens with zero attached hydrogens (tertiary/aromatic N) is 1. The van der Waals surface area contributed by atoms with Crippen molar-refractivity contribution in [1.29, 1.82) is 0 Å². The lowest BCUT2D eigenvalue weighted by Crippen LogP contribution is -2.36. The molecule has 1 aliphatic heterocycles. The molecular formula is C15H14F2N2O5S. The Morgan fingerprint density at radius 3 is 2.68 bits per heavy atom. The Balaban J connectivity index is 2.28. The molecule has 1 aliphatic rings. The first-order chi connectivity index (χ1) is 11.8. The van der Waals surface area contributed by atoms with Gasteiger partial charge in [0.05, 0.1) is 11.5 Å². The molecule has 0 unspecified atom stereocenters. The lowest BCUT2D eigenvalue weighted by Gasteiger charge is -2.12. The number of ether oxygens (including phenoxy) is 2. The monoisotopic (exact) mass is 372 g/mol. The SMILES string of the molecule is CCOc1cc(/C=C2\SC(=O)N(CC(N)=O)C2=O)ccc1OC(F)F. The third-order valence-corrected chi connectivity index (χ3v) is 3.88. The molecule has 3 amide bonds. The van der Waals surface area contributed by atoms with E-state index in [9.17, 15) is 23.2 Å². The van der Waals surface area contributed by atoms with Crippen LogP contribution in [-0.4, -0.2) is 41.7 Å². The Kier molecular flexibility index (Phi) is 5.97. The van der Waals surface area contributed by atoms with E-state index in [4.69, 9.17) is 10.5 Å². The van der Waals surface area contributed by atoms with Crippen LogP contribution in [0.3, 0.4) is 0 Å². The first kappa shape index (κ1) is 18.7. The molecule has 7 nitrogen and oxygen atoms in total. The van der Waals surface area contributed by atoms with Gasteiger partial charge in [0, 0.05) is 0 Å². The van der Waals surface area contributed by atoms with E-state index in [1.807, 2.05) is 0 Å². The van der Waals surface area contributed by atoms with Gasteiger partial charge in [0.15, 0.2) is 11.5 Å². The van der Waals surface area contributed by atoms with Crippen molar-refractivity contribution in [2.45, 2.75) is 13.5 Å². The van der Waals surface area contributed by atoms with E-state index in [1.165, 1.54) is 24.3 Å². The Morgan fingerprint density at radius 1 is 1.36 bits per heavy atom. The molecule has 0 aliphatic carbocycles. The Bertz CT molecular complexity index is 739. The number of rotatable bonds is 7. The number of thioether (sulfide) groups is 1. The maximum absolute atomic E-state index is 12.4. The zero-order valence-corrected chi connectivity index (χ0v) is 13.8. The minimum atomic E-state index is -3.00. The average molecular weight is 372 g/mol. The lowest BCUT2D eigenvalue weighted by atomic mass is 10.2. The fraction of sp³-hybridized carbons (Fsp3) is 0.267. The molecule has 1 heterocycles. The summed E-state index contributed by atoms with van der Waals surface area (Å²) in [5.74, 6) is -1.53. The number of amides is 3. The van der Waals surface area contributed by atoms with Gasteiger partial charge in [0.2, 0.25) is 5.91 Å². The Labute approximate surface area is 145 Å². The van der Waals surface area contributed by atoms with Crippen molar-refractivity contribution in [3.63, 3.8) is 0 Å². The summed E-state index contributed by atoms with van der Waals surface area (Å²) in [5, 5.41) is -0.613. The van der Waals surface area contributed by atoms with Gasteiger partial charge in [-0.15, -0.1) is 0 Å². The van der Waals surface area contributed by atoms with Crippen molar-refractivity contribution < 1.29 is 32.6 Å². The summed E-state index contributed by atoms with van der Waals surface area (Å²) in [6.07, 6.45) is 1.39. The van der Waals surface area contributed by atoms with Gasteiger partial charge in [0.25, 0.3) is 11.1 Å². The molecule has 0 radical (unpaired) electrons. The second kappa shape index (κ2) is 7.97. The third-order valence-electron chi connectivity index (χ3n) is 2.97. The minimum Gasteiger partial charge on any atom is -0.490 e. The number of carbonyl (C=O) groups is 3. The van der Waals surface area contributed by atoms with Crippen LogP contribution in [0.15, 0.2) is 23.1 Å². The summed E-state index contributed by atoms with van der Waals surface area (Å²) in [6, 6.07) is 4.11. The van der Waals surface area contributed by atoms with E-state index in [1.54, 1.807) is 6.92 Å². The number of benzene rings is 1. The summed E-state index contributed by atoms with van der Waals surface area (Å²) in [5.41, 5.74) is 5.44. The predicted molar refractivity (Wildman–Crippen MR) is 86.1 cm³/mol. The molecule has 0 atom stereocenters. The number of carbonyl (C=O) groups excluding carboxylic acids is 3. The highest BCUT2D eigenvalue weighted by Gasteiger charge is 2.35. The second-order valence-electron chi connectivity index (χ2n) is 4.75. The molecule has 134 valence electrons. The quantitative estimate of drug-likeness (QED) is 0.737. The molecule has 25 heavy (non-hydrogen) atoms. The highest BCUT2D eigenvalue weighted by molar-refractivity contribution is 8.18. The third kappa shape index (κ3) is 4.69. The van der Waals surface area contributed by atoms with E-state index >= 15 is 0 Å². The van der Waals surface area contributed by atoms with Gasteiger partial charge in [-0.3, -0.25) is 19.3 Å². The Hall–Kier alpha value is -2.62. The van der Waals surface area contributed by atoms with Gasteiger partial charge in [-0.2, -0.15) is 8.78 Å². The number of halogens is 2. The molecule has 1 saturated heterocycles. The van der Waals surface area contributed by atoms with Crippen LogP contribution in [0.25, 0.3) is 6.08 Å². The number of alkyl halides is 2. The van der Waals surface area contributed by atoms with Crippen LogP contribution >= 0.6 is 11.8 Å². The van der Waals surface area contributed by atoms with Crippen LogP contribution in [0.2, 0.25) is 0 Å². The molecular weight excluding hydrogens is 358 g/mol. The average Bonchev–Trinajstić information content (AvgIpc) is 2.77. The molecule has 1 aromatic carbocycles. The lowest BCUT2D eigenvalue weighted by molar-refractivity contribution is -0.127. The van der Waals surface area contributed by atoms with Crippen molar-refractivity contribution in [1.82, 2.24) is 4.90 Å². The summed E-state index contributed by atoms with van der Waals surface area (Å²) >= 11 is 0.651.